The molecule has 0 spiro atoms. The van der Waals surface area contributed by atoms with Gasteiger partial charge in [-0.25, -0.2) is 4.39 Å². The maximum absolute atomic E-state index is 13.0. The fourth-order valence-corrected chi connectivity index (χ4v) is 2.85. The number of rotatable bonds is 8. The Morgan fingerprint density at radius 1 is 1.23 bits per heavy atom. The molecule has 1 fully saturated rings. The lowest BCUT2D eigenvalue weighted by Gasteiger charge is -2.44. The summed E-state index contributed by atoms with van der Waals surface area (Å²) in [4.78, 5) is 2.16. The van der Waals surface area contributed by atoms with Gasteiger partial charge in [0, 0.05) is 19.6 Å². The summed E-state index contributed by atoms with van der Waals surface area (Å²) in [6.45, 7) is 7.45. The first-order valence-corrected chi connectivity index (χ1v) is 7.78. The Bertz CT molecular complexity index is 454. The van der Waals surface area contributed by atoms with Gasteiger partial charge >= 0.3 is 0 Å². The molecule has 0 aromatic heterocycles. The summed E-state index contributed by atoms with van der Waals surface area (Å²) in [5, 5.41) is 20.0. The molecular formula is C17H26FNO3. The number of halogens is 1. The highest BCUT2D eigenvalue weighted by atomic mass is 19.1. The first-order chi connectivity index (χ1) is 10.4. The van der Waals surface area contributed by atoms with Gasteiger partial charge in [-0.15, -0.1) is 0 Å². The van der Waals surface area contributed by atoms with Crippen LogP contribution in [0.1, 0.15) is 25.5 Å². The molecule has 1 unspecified atom stereocenters. The summed E-state index contributed by atoms with van der Waals surface area (Å²) in [6, 6.07) is 5.95. The Morgan fingerprint density at radius 2 is 1.86 bits per heavy atom. The maximum atomic E-state index is 13.0. The zero-order chi connectivity index (χ0) is 16.2. The van der Waals surface area contributed by atoms with Crippen molar-refractivity contribution in [3.63, 3.8) is 0 Å². The van der Waals surface area contributed by atoms with Crippen LogP contribution in [0.5, 0.6) is 0 Å². The van der Waals surface area contributed by atoms with Gasteiger partial charge in [-0.3, -0.25) is 4.90 Å². The van der Waals surface area contributed by atoms with Gasteiger partial charge in [-0.05, 0) is 23.6 Å². The summed E-state index contributed by atoms with van der Waals surface area (Å²) in [7, 11) is 0. The van der Waals surface area contributed by atoms with Crippen LogP contribution in [0.25, 0.3) is 0 Å². The Kier molecular flexibility index (Phi) is 5.92. The van der Waals surface area contributed by atoms with Crippen LogP contribution in [-0.2, 0) is 4.74 Å². The second-order valence-corrected chi connectivity index (χ2v) is 6.81. The van der Waals surface area contributed by atoms with Crippen LogP contribution in [0.15, 0.2) is 24.3 Å². The van der Waals surface area contributed by atoms with E-state index >= 15 is 0 Å². The molecule has 1 saturated heterocycles. The molecule has 22 heavy (non-hydrogen) atoms. The van der Waals surface area contributed by atoms with Crippen LogP contribution in [-0.4, -0.2) is 54.6 Å². The van der Waals surface area contributed by atoms with Crippen LogP contribution in [0.4, 0.5) is 4.39 Å². The van der Waals surface area contributed by atoms with Gasteiger partial charge < -0.3 is 14.9 Å². The Morgan fingerprint density at radius 3 is 2.32 bits per heavy atom. The number of aliphatic hydroxyl groups excluding tert-OH is 2. The van der Waals surface area contributed by atoms with Crippen molar-refractivity contribution in [1.29, 1.82) is 0 Å². The first-order valence-electron chi connectivity index (χ1n) is 7.78. The highest BCUT2D eigenvalue weighted by Crippen LogP contribution is 2.29. The van der Waals surface area contributed by atoms with E-state index in [0.717, 1.165) is 6.54 Å². The van der Waals surface area contributed by atoms with E-state index in [1.165, 1.54) is 12.1 Å². The molecule has 1 heterocycles. The molecule has 1 aromatic carbocycles. The molecule has 1 aliphatic rings. The summed E-state index contributed by atoms with van der Waals surface area (Å²) in [6.07, 6.45) is -0.670. The molecule has 4 nitrogen and oxygen atoms in total. The Hall–Kier alpha value is -1.01. The molecule has 0 bridgehead atoms. The van der Waals surface area contributed by atoms with E-state index in [0.29, 0.717) is 37.8 Å². The van der Waals surface area contributed by atoms with Crippen molar-refractivity contribution >= 4 is 0 Å². The first kappa shape index (κ1) is 17.3. The number of benzene rings is 1. The van der Waals surface area contributed by atoms with Gasteiger partial charge in [0.1, 0.15) is 5.82 Å². The van der Waals surface area contributed by atoms with Crippen molar-refractivity contribution in [3.8, 4) is 0 Å². The Balaban J connectivity index is 2.00. The molecule has 2 rings (SSSR count). The molecule has 0 amide bonds. The topological polar surface area (TPSA) is 52.9 Å². The fraction of sp³-hybridized carbons (Fsp3) is 0.647. The molecule has 1 atom stereocenters. The van der Waals surface area contributed by atoms with E-state index in [2.05, 4.69) is 18.7 Å². The Labute approximate surface area is 131 Å². The van der Waals surface area contributed by atoms with Gasteiger partial charge in [-0.1, -0.05) is 26.0 Å². The number of hydrogen-bond donors (Lipinski definition) is 2. The zero-order valence-electron chi connectivity index (χ0n) is 13.3. The van der Waals surface area contributed by atoms with Gasteiger partial charge in [0.2, 0.25) is 0 Å². The molecule has 5 heteroatoms. The van der Waals surface area contributed by atoms with Gasteiger partial charge in [0.05, 0.1) is 31.3 Å². The monoisotopic (exact) mass is 311 g/mol. The third-order valence-corrected chi connectivity index (χ3v) is 4.02. The highest BCUT2D eigenvalue weighted by molar-refractivity contribution is 5.18. The van der Waals surface area contributed by atoms with Gasteiger partial charge in [-0.2, -0.15) is 0 Å². The van der Waals surface area contributed by atoms with E-state index in [1.54, 1.807) is 12.1 Å². The minimum Gasteiger partial charge on any atom is -0.396 e. The minimum atomic E-state index is -0.670. The third kappa shape index (κ3) is 4.49. The van der Waals surface area contributed by atoms with Gasteiger partial charge in [0.25, 0.3) is 0 Å². The standard InChI is InChI=1S/C17H26FNO3/c1-13(2)7-19(9-17(10-20)11-22-12-17)8-16(21)14-3-5-15(18)6-4-14/h3-6,13,16,20-21H,7-12H2,1-2H3. The van der Waals surface area contributed by atoms with Gasteiger partial charge in [0.15, 0.2) is 0 Å². The average molecular weight is 311 g/mol. The van der Waals surface area contributed by atoms with Crippen molar-refractivity contribution in [2.24, 2.45) is 11.3 Å². The molecule has 0 saturated carbocycles. The summed E-state index contributed by atoms with van der Waals surface area (Å²) < 4.78 is 18.2. The summed E-state index contributed by atoms with van der Waals surface area (Å²) in [5.74, 6) is 0.151. The minimum absolute atomic E-state index is 0.0915. The number of ether oxygens (including phenoxy) is 1. The fourth-order valence-electron chi connectivity index (χ4n) is 2.85. The summed E-state index contributed by atoms with van der Waals surface area (Å²) >= 11 is 0. The molecule has 1 aromatic rings. The molecule has 2 N–H and O–H groups in total. The van der Waals surface area contributed by atoms with E-state index in [4.69, 9.17) is 4.74 Å². The van der Waals surface area contributed by atoms with E-state index in [9.17, 15) is 14.6 Å². The van der Waals surface area contributed by atoms with Crippen LogP contribution < -0.4 is 0 Å². The summed E-state index contributed by atoms with van der Waals surface area (Å²) in [5.41, 5.74) is 0.496. The van der Waals surface area contributed by atoms with E-state index < -0.39 is 6.10 Å². The lowest BCUT2D eigenvalue weighted by atomic mass is 9.86. The quantitative estimate of drug-likeness (QED) is 0.769. The maximum Gasteiger partial charge on any atom is 0.123 e. The van der Waals surface area contributed by atoms with Crippen molar-refractivity contribution in [2.45, 2.75) is 20.0 Å². The van der Waals surface area contributed by atoms with Crippen molar-refractivity contribution in [3.05, 3.63) is 35.6 Å². The average Bonchev–Trinajstić information content (AvgIpc) is 2.42. The normalized spacial score (nSPS) is 18.5. The van der Waals surface area contributed by atoms with Crippen LogP contribution in [0.3, 0.4) is 0 Å². The van der Waals surface area contributed by atoms with Crippen LogP contribution in [0.2, 0.25) is 0 Å². The highest BCUT2D eigenvalue weighted by Gasteiger charge is 2.39. The third-order valence-electron chi connectivity index (χ3n) is 4.02. The predicted octanol–water partition coefficient (Wildman–Crippen LogP) is 1.83. The largest absolute Gasteiger partial charge is 0.396 e. The lowest BCUT2D eigenvalue weighted by Crippen LogP contribution is -2.54. The second kappa shape index (κ2) is 7.51. The number of aliphatic hydroxyl groups is 2. The van der Waals surface area contributed by atoms with Crippen molar-refractivity contribution in [1.82, 2.24) is 4.90 Å². The van der Waals surface area contributed by atoms with E-state index in [-0.39, 0.29) is 17.8 Å². The number of hydrogen-bond acceptors (Lipinski definition) is 4. The van der Waals surface area contributed by atoms with Crippen LogP contribution in [0, 0.1) is 17.2 Å². The second-order valence-electron chi connectivity index (χ2n) is 6.81. The molecule has 0 radical (unpaired) electrons. The number of nitrogens with zero attached hydrogens (tertiary/aromatic N) is 1. The smallest absolute Gasteiger partial charge is 0.123 e. The molecular weight excluding hydrogens is 285 g/mol. The molecule has 0 aliphatic carbocycles. The molecule has 124 valence electrons. The van der Waals surface area contributed by atoms with Crippen molar-refractivity contribution < 1.29 is 19.3 Å². The predicted molar refractivity (Wildman–Crippen MR) is 83.0 cm³/mol. The van der Waals surface area contributed by atoms with E-state index in [1.807, 2.05) is 0 Å². The van der Waals surface area contributed by atoms with Crippen molar-refractivity contribution in [2.75, 3.05) is 39.5 Å². The molecule has 1 aliphatic heterocycles. The zero-order valence-corrected chi connectivity index (χ0v) is 13.3. The SMILES string of the molecule is CC(C)CN(CC(O)c1ccc(F)cc1)CC1(CO)COC1. The van der Waals surface area contributed by atoms with Crippen LogP contribution >= 0.6 is 0 Å². The lowest BCUT2D eigenvalue weighted by molar-refractivity contribution is -0.150.